The van der Waals surface area contributed by atoms with Crippen LogP contribution in [0.2, 0.25) is 0 Å². The van der Waals surface area contributed by atoms with E-state index in [0.29, 0.717) is 22.3 Å². The van der Waals surface area contributed by atoms with Gasteiger partial charge >= 0.3 is 0 Å². The normalized spacial score (nSPS) is 15.0. The number of halogens is 1. The third kappa shape index (κ3) is 3.29. The maximum atomic E-state index is 12.1. The minimum Gasteiger partial charge on any atom is -0.504 e. The van der Waals surface area contributed by atoms with Gasteiger partial charge in [-0.1, -0.05) is 15.9 Å². The minimum absolute atomic E-state index is 0.0553. The summed E-state index contributed by atoms with van der Waals surface area (Å²) in [6, 6.07) is 7.93. The molecular weight excluding hydrogens is 390 g/mol. The van der Waals surface area contributed by atoms with E-state index in [1.54, 1.807) is 18.2 Å². The van der Waals surface area contributed by atoms with Crippen LogP contribution in [-0.4, -0.2) is 22.0 Å². The van der Waals surface area contributed by atoms with Gasteiger partial charge in [-0.3, -0.25) is 14.9 Å². The van der Waals surface area contributed by atoms with E-state index in [0.717, 1.165) is 4.47 Å². The summed E-state index contributed by atoms with van der Waals surface area (Å²) in [6.07, 6.45) is 1.49. The molecule has 0 aromatic heterocycles. The lowest BCUT2D eigenvalue weighted by atomic mass is 9.95. The van der Waals surface area contributed by atoms with E-state index < -0.39 is 11.8 Å². The first-order chi connectivity index (χ1) is 11.9. The smallest absolute Gasteiger partial charge is 0.260 e. The summed E-state index contributed by atoms with van der Waals surface area (Å²) in [5.41, 5.74) is 7.50. The number of carbonyl (C=O) groups excluding carboxylic acids is 2. The van der Waals surface area contributed by atoms with Gasteiger partial charge in [-0.2, -0.15) is 0 Å². The Hall–Kier alpha value is -3.00. The van der Waals surface area contributed by atoms with E-state index in [4.69, 9.17) is 5.73 Å². The first-order valence-electron chi connectivity index (χ1n) is 7.26. The SMILES string of the molecule is Nc1cc(CN/C=C2\C(=O)NC(=O)c3ccc(Br)cc32)cc(O)c1O. The molecule has 7 nitrogen and oxygen atoms in total. The molecular formula is C17H14BrN3O4. The van der Waals surface area contributed by atoms with Crippen molar-refractivity contribution in [1.29, 1.82) is 0 Å². The lowest BCUT2D eigenvalue weighted by Gasteiger charge is -2.18. The quantitative estimate of drug-likeness (QED) is 0.230. The Morgan fingerprint density at radius 3 is 2.60 bits per heavy atom. The molecule has 0 spiro atoms. The zero-order chi connectivity index (χ0) is 18.1. The largest absolute Gasteiger partial charge is 0.504 e. The number of carbonyl (C=O) groups is 2. The molecule has 0 saturated carbocycles. The molecule has 6 N–H and O–H groups in total. The molecule has 2 aromatic carbocycles. The number of nitrogen functional groups attached to an aromatic ring is 1. The molecule has 2 amide bonds. The molecule has 1 heterocycles. The highest BCUT2D eigenvalue weighted by Gasteiger charge is 2.27. The molecule has 128 valence electrons. The Morgan fingerprint density at radius 2 is 1.88 bits per heavy atom. The fourth-order valence-corrected chi connectivity index (χ4v) is 2.88. The van der Waals surface area contributed by atoms with Gasteiger partial charge in [0.05, 0.1) is 11.3 Å². The summed E-state index contributed by atoms with van der Waals surface area (Å²) < 4.78 is 0.746. The number of nitrogens with one attached hydrogen (secondary N) is 2. The van der Waals surface area contributed by atoms with Gasteiger partial charge in [-0.05, 0) is 35.9 Å². The Balaban J connectivity index is 1.87. The summed E-state index contributed by atoms with van der Waals surface area (Å²) in [6.45, 7) is 0.256. The average Bonchev–Trinajstić information content (AvgIpc) is 2.55. The number of fused-ring (bicyclic) bond motifs is 1. The zero-order valence-corrected chi connectivity index (χ0v) is 14.4. The van der Waals surface area contributed by atoms with Crippen LogP contribution in [0.5, 0.6) is 11.5 Å². The van der Waals surface area contributed by atoms with Gasteiger partial charge in [0.15, 0.2) is 11.5 Å². The molecule has 0 fully saturated rings. The highest BCUT2D eigenvalue weighted by Crippen LogP contribution is 2.32. The van der Waals surface area contributed by atoms with Crippen LogP contribution >= 0.6 is 15.9 Å². The van der Waals surface area contributed by atoms with Crippen LogP contribution in [0.15, 0.2) is 41.0 Å². The summed E-state index contributed by atoms with van der Waals surface area (Å²) >= 11 is 3.33. The molecule has 8 heteroatoms. The second-order valence-electron chi connectivity index (χ2n) is 5.46. The molecule has 0 atom stereocenters. The fourth-order valence-electron chi connectivity index (χ4n) is 2.52. The standard InChI is InChI=1S/C17H14BrN3O4/c18-9-1-2-10-11(5-9)12(17(25)21-16(10)24)7-20-6-8-3-13(19)15(23)14(22)4-8/h1-5,7,20,22-23H,6,19H2,(H,21,24,25)/b12-7-. The topological polar surface area (TPSA) is 125 Å². The van der Waals surface area contributed by atoms with Crippen LogP contribution in [0.4, 0.5) is 5.69 Å². The van der Waals surface area contributed by atoms with Crippen molar-refractivity contribution in [2.75, 3.05) is 5.73 Å². The average molecular weight is 404 g/mol. The number of phenolic OH excluding ortho intramolecular Hbond substituents is 2. The van der Waals surface area contributed by atoms with Crippen molar-refractivity contribution in [2.45, 2.75) is 6.54 Å². The van der Waals surface area contributed by atoms with E-state index in [1.807, 2.05) is 0 Å². The Labute approximate surface area is 151 Å². The molecule has 1 aliphatic heterocycles. The summed E-state index contributed by atoms with van der Waals surface area (Å²) in [5.74, 6) is -1.64. The van der Waals surface area contributed by atoms with Crippen LogP contribution in [0.3, 0.4) is 0 Å². The molecule has 3 rings (SSSR count). The van der Waals surface area contributed by atoms with Crippen LogP contribution in [0.25, 0.3) is 5.57 Å². The Kier molecular flexibility index (Phi) is 4.37. The number of benzene rings is 2. The number of phenols is 2. The molecule has 0 bridgehead atoms. The third-order valence-corrected chi connectivity index (χ3v) is 4.21. The van der Waals surface area contributed by atoms with E-state index >= 15 is 0 Å². The predicted octanol–water partition coefficient (Wildman–Crippen LogP) is 1.84. The van der Waals surface area contributed by atoms with E-state index in [2.05, 4.69) is 26.6 Å². The van der Waals surface area contributed by atoms with Crippen LogP contribution < -0.4 is 16.4 Å². The van der Waals surface area contributed by atoms with E-state index in [-0.39, 0.29) is 23.7 Å². The number of rotatable bonds is 3. The maximum absolute atomic E-state index is 12.1. The van der Waals surface area contributed by atoms with Gasteiger partial charge in [0, 0.05) is 28.3 Å². The summed E-state index contributed by atoms with van der Waals surface area (Å²) in [7, 11) is 0. The monoisotopic (exact) mass is 403 g/mol. The lowest BCUT2D eigenvalue weighted by molar-refractivity contribution is -0.114. The van der Waals surface area contributed by atoms with Crippen molar-refractivity contribution in [3.05, 3.63) is 57.7 Å². The van der Waals surface area contributed by atoms with Crippen LogP contribution in [0, 0.1) is 0 Å². The summed E-state index contributed by atoms with van der Waals surface area (Å²) in [4.78, 5) is 24.0. The van der Waals surface area contributed by atoms with Crippen molar-refractivity contribution >= 4 is 39.0 Å². The van der Waals surface area contributed by atoms with Crippen LogP contribution in [0.1, 0.15) is 21.5 Å². The highest BCUT2D eigenvalue weighted by molar-refractivity contribution is 9.10. The Bertz CT molecular complexity index is 901. The van der Waals surface area contributed by atoms with Gasteiger partial charge in [-0.15, -0.1) is 0 Å². The van der Waals surface area contributed by atoms with Gasteiger partial charge < -0.3 is 21.3 Å². The number of hydrogen-bond acceptors (Lipinski definition) is 6. The third-order valence-electron chi connectivity index (χ3n) is 3.72. The van der Waals surface area contributed by atoms with Crippen molar-refractivity contribution in [3.63, 3.8) is 0 Å². The van der Waals surface area contributed by atoms with Crippen molar-refractivity contribution in [2.24, 2.45) is 0 Å². The van der Waals surface area contributed by atoms with Crippen molar-refractivity contribution < 1.29 is 19.8 Å². The summed E-state index contributed by atoms with van der Waals surface area (Å²) in [5, 5.41) is 24.3. The van der Waals surface area contributed by atoms with Gasteiger partial charge in [0.1, 0.15) is 0 Å². The molecule has 2 aromatic rings. The van der Waals surface area contributed by atoms with E-state index in [1.165, 1.54) is 18.3 Å². The Morgan fingerprint density at radius 1 is 1.12 bits per heavy atom. The lowest BCUT2D eigenvalue weighted by Crippen LogP contribution is -2.37. The predicted molar refractivity (Wildman–Crippen MR) is 95.6 cm³/mol. The van der Waals surface area contributed by atoms with E-state index in [9.17, 15) is 19.8 Å². The molecule has 25 heavy (non-hydrogen) atoms. The second-order valence-corrected chi connectivity index (χ2v) is 6.38. The first kappa shape index (κ1) is 16.8. The number of imide groups is 1. The molecule has 0 radical (unpaired) electrons. The zero-order valence-electron chi connectivity index (χ0n) is 12.8. The molecule has 1 aliphatic rings. The van der Waals surface area contributed by atoms with Crippen LogP contribution in [-0.2, 0) is 11.3 Å². The molecule has 0 unspecified atom stereocenters. The fraction of sp³-hybridized carbons (Fsp3) is 0.0588. The second kappa shape index (κ2) is 6.48. The van der Waals surface area contributed by atoms with Gasteiger partial charge in [-0.25, -0.2) is 0 Å². The minimum atomic E-state index is -0.504. The number of hydrogen-bond donors (Lipinski definition) is 5. The number of anilines is 1. The number of nitrogens with two attached hydrogens (primary N) is 1. The molecule has 0 aliphatic carbocycles. The first-order valence-corrected chi connectivity index (χ1v) is 8.05. The van der Waals surface area contributed by atoms with Gasteiger partial charge in [0.25, 0.3) is 11.8 Å². The van der Waals surface area contributed by atoms with Gasteiger partial charge in [0.2, 0.25) is 0 Å². The number of aromatic hydroxyl groups is 2. The van der Waals surface area contributed by atoms with Crippen molar-refractivity contribution in [3.8, 4) is 11.5 Å². The molecule has 0 saturated heterocycles. The highest BCUT2D eigenvalue weighted by atomic mass is 79.9. The number of amides is 2. The van der Waals surface area contributed by atoms with Crippen molar-refractivity contribution in [1.82, 2.24) is 10.6 Å². The maximum Gasteiger partial charge on any atom is 0.260 e.